The molecule has 0 bridgehead atoms. The van der Waals surface area contributed by atoms with Crippen LogP contribution < -0.4 is 10.2 Å². The van der Waals surface area contributed by atoms with Crippen LogP contribution in [0.1, 0.15) is 5.56 Å². The summed E-state index contributed by atoms with van der Waals surface area (Å²) in [6, 6.07) is 6.17. The predicted octanol–water partition coefficient (Wildman–Crippen LogP) is 0.998. The number of nitrogens with one attached hydrogen (secondary N) is 1. The molecule has 1 saturated heterocycles. The summed E-state index contributed by atoms with van der Waals surface area (Å²) in [7, 11) is 1.98. The van der Waals surface area contributed by atoms with E-state index in [1.165, 1.54) is 12.1 Å². The average molecular weight is 331 g/mol. The molecule has 1 N–H and O–H groups in total. The topological polar surface area (TPSA) is 53.4 Å². The Balaban J connectivity index is 1.41. The normalized spacial score (nSPS) is 15.5. The summed E-state index contributed by atoms with van der Waals surface area (Å²) in [4.78, 5) is 20.8. The maximum absolute atomic E-state index is 12.8. The van der Waals surface area contributed by atoms with E-state index in [0.29, 0.717) is 13.1 Å². The van der Waals surface area contributed by atoms with Crippen LogP contribution in [-0.2, 0) is 18.4 Å². The van der Waals surface area contributed by atoms with E-state index in [1.807, 2.05) is 17.8 Å². The number of rotatable bonds is 5. The average Bonchev–Trinajstić information content (AvgIpc) is 3.01. The fraction of sp³-hybridized carbons (Fsp3) is 0.412. The minimum atomic E-state index is -0.268. The number of aromatic nitrogens is 2. The Morgan fingerprint density at radius 3 is 2.54 bits per heavy atom. The van der Waals surface area contributed by atoms with Gasteiger partial charge in [0.1, 0.15) is 5.82 Å². The van der Waals surface area contributed by atoms with Crippen molar-refractivity contribution in [1.82, 2.24) is 19.8 Å². The van der Waals surface area contributed by atoms with Crippen LogP contribution in [0.2, 0.25) is 0 Å². The van der Waals surface area contributed by atoms with Gasteiger partial charge in [0.2, 0.25) is 11.9 Å². The SMILES string of the molecule is Cn1ccnc1N1CCN(CC(=O)NCc2ccc(F)cc2)CC1. The van der Waals surface area contributed by atoms with Gasteiger partial charge < -0.3 is 14.8 Å². The van der Waals surface area contributed by atoms with Crippen LogP contribution in [0.15, 0.2) is 36.7 Å². The van der Waals surface area contributed by atoms with Crippen molar-refractivity contribution < 1.29 is 9.18 Å². The third kappa shape index (κ3) is 4.11. The zero-order valence-electron chi connectivity index (χ0n) is 13.8. The first-order valence-electron chi connectivity index (χ1n) is 8.07. The highest BCUT2D eigenvalue weighted by molar-refractivity contribution is 5.78. The molecule has 0 unspecified atom stereocenters. The van der Waals surface area contributed by atoms with E-state index in [9.17, 15) is 9.18 Å². The molecule has 7 heteroatoms. The highest BCUT2D eigenvalue weighted by atomic mass is 19.1. The number of benzene rings is 1. The van der Waals surface area contributed by atoms with Gasteiger partial charge in [-0.1, -0.05) is 12.1 Å². The lowest BCUT2D eigenvalue weighted by Crippen LogP contribution is -2.50. The van der Waals surface area contributed by atoms with Crippen molar-refractivity contribution >= 4 is 11.9 Å². The molecule has 6 nitrogen and oxygen atoms in total. The lowest BCUT2D eigenvalue weighted by molar-refractivity contribution is -0.122. The van der Waals surface area contributed by atoms with Gasteiger partial charge in [-0.05, 0) is 17.7 Å². The second-order valence-corrected chi connectivity index (χ2v) is 6.00. The zero-order chi connectivity index (χ0) is 16.9. The fourth-order valence-corrected chi connectivity index (χ4v) is 2.83. The summed E-state index contributed by atoms with van der Waals surface area (Å²) >= 11 is 0. The third-order valence-corrected chi connectivity index (χ3v) is 4.22. The monoisotopic (exact) mass is 331 g/mol. The Kier molecular flexibility index (Phi) is 5.10. The van der Waals surface area contributed by atoms with Crippen LogP contribution in [0.25, 0.3) is 0 Å². The zero-order valence-corrected chi connectivity index (χ0v) is 13.8. The number of carbonyl (C=O) groups is 1. The Bertz CT molecular complexity index is 677. The minimum Gasteiger partial charge on any atom is -0.351 e. The summed E-state index contributed by atoms with van der Waals surface area (Å²) in [5, 5.41) is 2.88. The molecule has 1 aromatic carbocycles. The number of imidazole rings is 1. The first kappa shape index (κ1) is 16.4. The summed E-state index contributed by atoms with van der Waals surface area (Å²) in [5.41, 5.74) is 0.893. The molecule has 0 saturated carbocycles. The quantitative estimate of drug-likeness (QED) is 0.888. The summed E-state index contributed by atoms with van der Waals surface area (Å²) in [6.45, 7) is 4.18. The molecule has 24 heavy (non-hydrogen) atoms. The number of hydrogen-bond donors (Lipinski definition) is 1. The van der Waals surface area contributed by atoms with Crippen LogP contribution in [0.4, 0.5) is 10.3 Å². The Hall–Kier alpha value is -2.41. The maximum Gasteiger partial charge on any atom is 0.234 e. The van der Waals surface area contributed by atoms with Crippen molar-refractivity contribution in [3.8, 4) is 0 Å². The molecule has 1 aliphatic heterocycles. The highest BCUT2D eigenvalue weighted by Gasteiger charge is 2.21. The van der Waals surface area contributed by atoms with E-state index in [1.54, 1.807) is 18.3 Å². The van der Waals surface area contributed by atoms with Crippen LogP contribution in [0, 0.1) is 5.82 Å². The van der Waals surface area contributed by atoms with Gasteiger partial charge in [0.25, 0.3) is 0 Å². The largest absolute Gasteiger partial charge is 0.351 e. The minimum absolute atomic E-state index is 0.00948. The molecule has 1 amide bonds. The summed E-state index contributed by atoms with van der Waals surface area (Å²) in [5.74, 6) is 0.691. The van der Waals surface area contributed by atoms with Crippen molar-refractivity contribution in [3.63, 3.8) is 0 Å². The molecule has 0 atom stereocenters. The Labute approximate surface area is 140 Å². The van der Waals surface area contributed by atoms with Crippen molar-refractivity contribution in [2.24, 2.45) is 7.05 Å². The summed E-state index contributed by atoms with van der Waals surface area (Å²) in [6.07, 6.45) is 3.73. The lowest BCUT2D eigenvalue weighted by atomic mass is 10.2. The van der Waals surface area contributed by atoms with Gasteiger partial charge in [-0.2, -0.15) is 0 Å². The smallest absolute Gasteiger partial charge is 0.234 e. The second kappa shape index (κ2) is 7.44. The van der Waals surface area contributed by atoms with Gasteiger partial charge in [-0.25, -0.2) is 9.37 Å². The molecule has 2 aromatic rings. The van der Waals surface area contributed by atoms with Gasteiger partial charge in [-0.3, -0.25) is 9.69 Å². The van der Waals surface area contributed by atoms with Crippen molar-refractivity contribution in [3.05, 3.63) is 48.0 Å². The van der Waals surface area contributed by atoms with E-state index in [4.69, 9.17) is 0 Å². The number of hydrogen-bond acceptors (Lipinski definition) is 4. The number of piperazine rings is 1. The van der Waals surface area contributed by atoms with Gasteiger partial charge in [0, 0.05) is 52.2 Å². The number of amides is 1. The van der Waals surface area contributed by atoms with Crippen LogP contribution in [0.5, 0.6) is 0 Å². The van der Waals surface area contributed by atoms with Gasteiger partial charge in [0.15, 0.2) is 0 Å². The maximum atomic E-state index is 12.8. The molecule has 128 valence electrons. The summed E-state index contributed by atoms with van der Waals surface area (Å²) < 4.78 is 14.9. The molecular formula is C17H22FN5O. The van der Waals surface area contributed by atoms with Gasteiger partial charge in [-0.15, -0.1) is 0 Å². The number of carbonyl (C=O) groups excluding carboxylic acids is 1. The van der Waals surface area contributed by atoms with E-state index in [2.05, 4.69) is 20.1 Å². The third-order valence-electron chi connectivity index (χ3n) is 4.22. The van der Waals surface area contributed by atoms with E-state index in [-0.39, 0.29) is 11.7 Å². The molecule has 0 spiro atoms. The van der Waals surface area contributed by atoms with E-state index < -0.39 is 0 Å². The van der Waals surface area contributed by atoms with Crippen LogP contribution in [-0.4, -0.2) is 53.1 Å². The van der Waals surface area contributed by atoms with E-state index >= 15 is 0 Å². The predicted molar refractivity (Wildman–Crippen MR) is 90.1 cm³/mol. The molecule has 2 heterocycles. The molecular weight excluding hydrogens is 309 g/mol. The van der Waals surface area contributed by atoms with Crippen molar-refractivity contribution in [1.29, 1.82) is 0 Å². The number of halogens is 1. The molecule has 1 aromatic heterocycles. The van der Waals surface area contributed by atoms with Crippen LogP contribution >= 0.6 is 0 Å². The van der Waals surface area contributed by atoms with Gasteiger partial charge >= 0.3 is 0 Å². The van der Waals surface area contributed by atoms with Crippen molar-refractivity contribution in [2.45, 2.75) is 6.54 Å². The molecule has 3 rings (SSSR count). The first-order valence-corrected chi connectivity index (χ1v) is 8.07. The lowest BCUT2D eigenvalue weighted by Gasteiger charge is -2.34. The molecule has 0 radical (unpaired) electrons. The van der Waals surface area contributed by atoms with Gasteiger partial charge in [0.05, 0.1) is 6.54 Å². The number of nitrogens with zero attached hydrogens (tertiary/aromatic N) is 4. The number of anilines is 1. The first-order chi connectivity index (χ1) is 11.6. The van der Waals surface area contributed by atoms with Crippen LogP contribution in [0.3, 0.4) is 0 Å². The fourth-order valence-electron chi connectivity index (χ4n) is 2.83. The molecule has 0 aliphatic carbocycles. The molecule has 1 fully saturated rings. The highest BCUT2D eigenvalue weighted by Crippen LogP contribution is 2.12. The second-order valence-electron chi connectivity index (χ2n) is 6.00. The molecule has 1 aliphatic rings. The number of aryl methyl sites for hydroxylation is 1. The Morgan fingerprint density at radius 1 is 1.21 bits per heavy atom. The Morgan fingerprint density at radius 2 is 1.92 bits per heavy atom. The standard InChI is InChI=1S/C17H22FN5O/c1-21-7-6-19-17(21)23-10-8-22(9-11-23)13-16(24)20-12-14-2-4-15(18)5-3-14/h2-7H,8-13H2,1H3,(H,20,24). The van der Waals surface area contributed by atoms with Crippen molar-refractivity contribution in [2.75, 3.05) is 37.6 Å². The van der Waals surface area contributed by atoms with E-state index in [0.717, 1.165) is 37.7 Å².